The summed E-state index contributed by atoms with van der Waals surface area (Å²) in [6, 6.07) is 17.6. The molecule has 5 atom stereocenters. The van der Waals surface area contributed by atoms with Crippen LogP contribution in [0.15, 0.2) is 54.6 Å². The predicted molar refractivity (Wildman–Crippen MR) is 99.6 cm³/mol. The van der Waals surface area contributed by atoms with Crippen molar-refractivity contribution in [1.82, 2.24) is 0 Å². The summed E-state index contributed by atoms with van der Waals surface area (Å²) in [5, 5.41) is 33.7. The molecule has 0 amide bonds. The first kappa shape index (κ1) is 17.7. The molecule has 1 saturated heterocycles. The van der Waals surface area contributed by atoms with Crippen molar-refractivity contribution in [3.05, 3.63) is 54.6 Å². The van der Waals surface area contributed by atoms with E-state index < -0.39 is 36.5 Å². The number of hydrogen-bond acceptors (Lipinski definition) is 5. The maximum absolute atomic E-state index is 11.3. The van der Waals surface area contributed by atoms with Crippen molar-refractivity contribution in [2.45, 2.75) is 31.5 Å². The summed E-state index contributed by atoms with van der Waals surface area (Å²) in [7, 11) is 0. The molecule has 140 valence electrons. The third kappa shape index (κ3) is 3.23. The quantitative estimate of drug-likeness (QED) is 0.615. The van der Waals surface area contributed by atoms with E-state index in [4.69, 9.17) is 9.47 Å². The van der Waals surface area contributed by atoms with E-state index in [-0.39, 0.29) is 0 Å². The minimum Gasteiger partial charge on any atom is -0.479 e. The van der Waals surface area contributed by atoms with Gasteiger partial charge in [0.25, 0.3) is 0 Å². The molecule has 0 radical (unpaired) electrons. The normalized spacial score (nSPS) is 28.3. The molecule has 1 fully saturated rings. The van der Waals surface area contributed by atoms with Crippen molar-refractivity contribution < 1.29 is 29.6 Å². The molecule has 6 nitrogen and oxygen atoms in total. The summed E-state index contributed by atoms with van der Waals surface area (Å²) in [6.45, 7) is 1.57. The fraction of sp³-hybridized carbons (Fsp3) is 0.286. The monoisotopic (exact) mass is 368 g/mol. The Morgan fingerprint density at radius 3 is 2.22 bits per heavy atom. The van der Waals surface area contributed by atoms with Gasteiger partial charge in [-0.1, -0.05) is 37.3 Å². The van der Waals surface area contributed by atoms with Gasteiger partial charge in [0.15, 0.2) is 6.10 Å². The van der Waals surface area contributed by atoms with Crippen LogP contribution in [0.3, 0.4) is 0 Å². The van der Waals surface area contributed by atoms with E-state index in [1.54, 1.807) is 13.0 Å². The lowest BCUT2D eigenvalue weighted by Gasteiger charge is -2.39. The first-order valence-corrected chi connectivity index (χ1v) is 8.77. The van der Waals surface area contributed by atoms with E-state index in [1.807, 2.05) is 42.5 Å². The summed E-state index contributed by atoms with van der Waals surface area (Å²) >= 11 is 0. The van der Waals surface area contributed by atoms with E-state index in [9.17, 15) is 20.1 Å². The van der Waals surface area contributed by atoms with Gasteiger partial charge >= 0.3 is 5.97 Å². The summed E-state index contributed by atoms with van der Waals surface area (Å²) in [5.74, 6) is -1.54. The maximum Gasteiger partial charge on any atom is 0.335 e. The number of rotatable bonds is 3. The second-order valence-electron chi connectivity index (χ2n) is 6.93. The van der Waals surface area contributed by atoms with Crippen LogP contribution in [-0.4, -0.2) is 45.9 Å². The van der Waals surface area contributed by atoms with Crippen molar-refractivity contribution in [2.24, 2.45) is 5.92 Å². The molecule has 1 heterocycles. The molecule has 0 spiro atoms. The fourth-order valence-electron chi connectivity index (χ4n) is 3.46. The predicted octanol–water partition coefficient (Wildman–Crippen LogP) is 2.54. The molecule has 3 N–H and O–H groups in total. The van der Waals surface area contributed by atoms with Crippen LogP contribution in [0.4, 0.5) is 0 Å². The highest BCUT2D eigenvalue weighted by Gasteiger charge is 2.46. The van der Waals surface area contributed by atoms with Crippen LogP contribution in [0.1, 0.15) is 6.92 Å². The minimum atomic E-state index is -1.45. The lowest BCUT2D eigenvalue weighted by Crippen LogP contribution is -2.57. The lowest BCUT2D eigenvalue weighted by molar-refractivity contribution is -0.255. The number of aliphatic hydroxyl groups excluding tert-OH is 2. The van der Waals surface area contributed by atoms with Crippen LogP contribution in [0.25, 0.3) is 21.5 Å². The molecule has 0 saturated carbocycles. The first-order valence-electron chi connectivity index (χ1n) is 8.77. The number of aliphatic carboxylic acids is 1. The minimum absolute atomic E-state index is 0.453. The van der Waals surface area contributed by atoms with Crippen molar-refractivity contribution >= 4 is 27.5 Å². The van der Waals surface area contributed by atoms with Crippen molar-refractivity contribution in [1.29, 1.82) is 0 Å². The molecule has 1 aliphatic heterocycles. The van der Waals surface area contributed by atoms with Crippen LogP contribution in [-0.2, 0) is 9.53 Å². The standard InChI is InChI=1S/C21H20O6/c1-11-17(22)19(20(24)25)27-21(18(11)23)26-16-7-6-14-8-12-4-2-3-5-13(12)9-15(14)10-16/h2-11,17-19,21-23H,1H3,(H,24,25). The number of aliphatic hydroxyl groups is 2. The van der Waals surface area contributed by atoms with Gasteiger partial charge in [0.05, 0.1) is 6.10 Å². The number of hydrogen-bond donors (Lipinski definition) is 3. The van der Waals surface area contributed by atoms with Gasteiger partial charge in [0.2, 0.25) is 6.29 Å². The maximum atomic E-state index is 11.3. The molecule has 27 heavy (non-hydrogen) atoms. The Morgan fingerprint density at radius 2 is 1.56 bits per heavy atom. The Bertz CT molecular complexity index is 1000. The van der Waals surface area contributed by atoms with Crippen LogP contribution in [0.5, 0.6) is 5.75 Å². The van der Waals surface area contributed by atoms with Crippen LogP contribution in [0.2, 0.25) is 0 Å². The van der Waals surface area contributed by atoms with E-state index in [1.165, 1.54) is 0 Å². The summed E-state index contributed by atoms with van der Waals surface area (Å²) in [6.07, 6.45) is -5.08. The molecule has 0 aliphatic carbocycles. The molecule has 3 aromatic rings. The van der Waals surface area contributed by atoms with Crippen molar-refractivity contribution in [3.63, 3.8) is 0 Å². The SMILES string of the molecule is CC1C(O)C(Oc2ccc3cc4ccccc4cc3c2)OC(C(=O)O)C1O. The Balaban J connectivity index is 1.64. The van der Waals surface area contributed by atoms with Gasteiger partial charge in [0.1, 0.15) is 11.9 Å². The van der Waals surface area contributed by atoms with Gasteiger partial charge in [0, 0.05) is 5.92 Å². The highest BCUT2D eigenvalue weighted by atomic mass is 16.7. The molecular weight excluding hydrogens is 348 g/mol. The van der Waals surface area contributed by atoms with Gasteiger partial charge in [-0.15, -0.1) is 0 Å². The Kier molecular flexibility index (Phi) is 4.47. The molecule has 3 aromatic carbocycles. The van der Waals surface area contributed by atoms with Gasteiger partial charge < -0.3 is 24.8 Å². The summed E-state index contributed by atoms with van der Waals surface area (Å²) < 4.78 is 11.0. The molecule has 1 aliphatic rings. The highest BCUT2D eigenvalue weighted by Crippen LogP contribution is 2.31. The molecule has 0 aromatic heterocycles. The molecule has 4 rings (SSSR count). The van der Waals surface area contributed by atoms with Gasteiger partial charge in [-0.05, 0) is 45.8 Å². The van der Waals surface area contributed by atoms with E-state index in [0.29, 0.717) is 5.75 Å². The average Bonchev–Trinajstić information content (AvgIpc) is 2.66. The largest absolute Gasteiger partial charge is 0.479 e. The van der Waals surface area contributed by atoms with E-state index in [0.717, 1.165) is 21.5 Å². The van der Waals surface area contributed by atoms with E-state index >= 15 is 0 Å². The molecular formula is C21H20O6. The zero-order chi connectivity index (χ0) is 19.1. The zero-order valence-electron chi connectivity index (χ0n) is 14.6. The summed E-state index contributed by atoms with van der Waals surface area (Å²) in [4.78, 5) is 11.3. The van der Waals surface area contributed by atoms with Crippen LogP contribution < -0.4 is 4.74 Å². The third-order valence-corrected chi connectivity index (χ3v) is 5.12. The molecule has 6 heteroatoms. The average molecular weight is 368 g/mol. The zero-order valence-corrected chi connectivity index (χ0v) is 14.6. The number of carboxylic acid groups (broad SMARTS) is 1. The van der Waals surface area contributed by atoms with Crippen molar-refractivity contribution in [2.75, 3.05) is 0 Å². The van der Waals surface area contributed by atoms with Crippen molar-refractivity contribution in [3.8, 4) is 5.75 Å². The molecule has 0 bridgehead atoms. The van der Waals surface area contributed by atoms with Gasteiger partial charge in [-0.25, -0.2) is 4.79 Å². The Labute approximate surface area is 155 Å². The number of fused-ring (bicyclic) bond motifs is 2. The number of ether oxygens (including phenoxy) is 2. The number of carbonyl (C=O) groups is 1. The Hall–Kier alpha value is -2.67. The number of carboxylic acids is 1. The fourth-order valence-corrected chi connectivity index (χ4v) is 3.46. The van der Waals surface area contributed by atoms with Gasteiger partial charge in [-0.2, -0.15) is 0 Å². The topological polar surface area (TPSA) is 96.2 Å². The molecule has 5 unspecified atom stereocenters. The number of benzene rings is 3. The summed E-state index contributed by atoms with van der Waals surface area (Å²) in [5.41, 5.74) is 0. The van der Waals surface area contributed by atoms with Crippen LogP contribution in [0, 0.1) is 5.92 Å². The second kappa shape index (κ2) is 6.81. The lowest BCUT2D eigenvalue weighted by atomic mass is 9.90. The highest BCUT2D eigenvalue weighted by molar-refractivity contribution is 5.98. The third-order valence-electron chi connectivity index (χ3n) is 5.12. The van der Waals surface area contributed by atoms with E-state index in [2.05, 4.69) is 6.07 Å². The smallest absolute Gasteiger partial charge is 0.335 e. The van der Waals surface area contributed by atoms with Crippen LogP contribution >= 0.6 is 0 Å². The Morgan fingerprint density at radius 1 is 0.926 bits per heavy atom. The second-order valence-corrected chi connectivity index (χ2v) is 6.93. The van der Waals surface area contributed by atoms with Gasteiger partial charge in [-0.3, -0.25) is 0 Å². The first-order chi connectivity index (χ1) is 12.9.